The van der Waals surface area contributed by atoms with Gasteiger partial charge in [-0.3, -0.25) is 4.79 Å². The van der Waals surface area contributed by atoms with Crippen LogP contribution < -0.4 is 0 Å². The Morgan fingerprint density at radius 3 is 2.31 bits per heavy atom. The number of hydrogen-bond donors (Lipinski definition) is 0. The molecule has 3 nitrogen and oxygen atoms in total. The standard InChI is InChI=1S/C24H21FN2OS/c1-24(2,3)22(28)15-29-23-20(14-26)19(16-9-11-18(25)12-10-16)13-21(27-23)17-7-5-4-6-8-17/h4-13H,15H2,1-3H3. The molecule has 0 radical (unpaired) electrons. The minimum absolute atomic E-state index is 0.0848. The van der Waals surface area contributed by atoms with Crippen LogP contribution in [0, 0.1) is 22.6 Å². The first-order valence-electron chi connectivity index (χ1n) is 9.22. The largest absolute Gasteiger partial charge is 0.298 e. The normalized spacial score (nSPS) is 11.1. The molecular weight excluding hydrogens is 383 g/mol. The van der Waals surface area contributed by atoms with E-state index < -0.39 is 5.41 Å². The highest BCUT2D eigenvalue weighted by molar-refractivity contribution is 8.00. The number of benzene rings is 2. The number of thioether (sulfide) groups is 1. The maximum atomic E-state index is 13.4. The number of rotatable bonds is 5. The molecule has 0 saturated carbocycles. The summed E-state index contributed by atoms with van der Waals surface area (Å²) in [5.41, 5.74) is 2.94. The van der Waals surface area contributed by atoms with E-state index in [1.54, 1.807) is 12.1 Å². The zero-order valence-electron chi connectivity index (χ0n) is 16.6. The van der Waals surface area contributed by atoms with Gasteiger partial charge in [0.05, 0.1) is 17.0 Å². The molecule has 29 heavy (non-hydrogen) atoms. The van der Waals surface area contributed by atoms with Gasteiger partial charge < -0.3 is 0 Å². The highest BCUT2D eigenvalue weighted by Gasteiger charge is 2.23. The fourth-order valence-electron chi connectivity index (χ4n) is 2.70. The minimum Gasteiger partial charge on any atom is -0.298 e. The lowest BCUT2D eigenvalue weighted by molar-refractivity contribution is -0.123. The highest BCUT2D eigenvalue weighted by atomic mass is 32.2. The number of nitrogens with zero attached hydrogens (tertiary/aromatic N) is 2. The Bertz CT molecular complexity index is 1070. The maximum absolute atomic E-state index is 13.4. The van der Waals surface area contributed by atoms with Gasteiger partial charge in [0, 0.05) is 16.5 Å². The van der Waals surface area contributed by atoms with Crippen molar-refractivity contribution >= 4 is 17.5 Å². The average Bonchev–Trinajstić information content (AvgIpc) is 2.71. The molecule has 0 aliphatic heterocycles. The molecule has 0 atom stereocenters. The van der Waals surface area contributed by atoms with Crippen LogP contribution >= 0.6 is 11.8 Å². The van der Waals surface area contributed by atoms with Crippen molar-refractivity contribution in [2.24, 2.45) is 5.41 Å². The molecule has 0 spiro atoms. The molecule has 3 rings (SSSR count). The Balaban J connectivity index is 2.13. The molecule has 0 bridgehead atoms. The lowest BCUT2D eigenvalue weighted by Gasteiger charge is -2.17. The molecule has 0 unspecified atom stereocenters. The number of carbonyl (C=O) groups excluding carboxylic acids is 1. The highest BCUT2D eigenvalue weighted by Crippen LogP contribution is 2.35. The van der Waals surface area contributed by atoms with Crippen molar-refractivity contribution in [3.63, 3.8) is 0 Å². The van der Waals surface area contributed by atoms with Crippen molar-refractivity contribution in [2.75, 3.05) is 5.75 Å². The first-order chi connectivity index (χ1) is 13.8. The van der Waals surface area contributed by atoms with Crippen molar-refractivity contribution < 1.29 is 9.18 Å². The summed E-state index contributed by atoms with van der Waals surface area (Å²) in [5.74, 6) is -0.0247. The van der Waals surface area contributed by atoms with E-state index in [2.05, 4.69) is 11.1 Å². The Kier molecular flexibility index (Phi) is 6.14. The van der Waals surface area contributed by atoms with E-state index in [0.717, 1.165) is 11.1 Å². The van der Waals surface area contributed by atoms with Gasteiger partial charge >= 0.3 is 0 Å². The van der Waals surface area contributed by atoms with Gasteiger partial charge in [0.2, 0.25) is 0 Å². The van der Waals surface area contributed by atoms with Crippen LogP contribution in [0.25, 0.3) is 22.4 Å². The first kappa shape index (κ1) is 20.8. The fourth-order valence-corrected chi connectivity index (χ4v) is 3.86. The van der Waals surface area contributed by atoms with E-state index >= 15 is 0 Å². The van der Waals surface area contributed by atoms with Gasteiger partial charge in [0.25, 0.3) is 0 Å². The molecule has 146 valence electrons. The molecule has 0 aliphatic rings. The van der Waals surface area contributed by atoms with Crippen LogP contribution in [0.5, 0.6) is 0 Å². The van der Waals surface area contributed by atoms with Crippen LogP contribution in [0.2, 0.25) is 0 Å². The predicted octanol–water partition coefficient (Wildman–Crippen LogP) is 6.13. The molecule has 0 fully saturated rings. The van der Waals surface area contributed by atoms with Crippen molar-refractivity contribution in [3.05, 3.63) is 72.0 Å². The lowest BCUT2D eigenvalue weighted by Crippen LogP contribution is -2.22. The average molecular weight is 405 g/mol. The van der Waals surface area contributed by atoms with E-state index in [-0.39, 0.29) is 17.4 Å². The lowest BCUT2D eigenvalue weighted by atomic mass is 9.92. The molecular formula is C24H21FN2OS. The topological polar surface area (TPSA) is 53.8 Å². The van der Waals surface area contributed by atoms with E-state index in [9.17, 15) is 14.4 Å². The van der Waals surface area contributed by atoms with E-state index in [1.165, 1.54) is 23.9 Å². The number of Topliss-reactive ketones (excluding diaryl/α,β-unsaturated/α-hetero) is 1. The number of halogens is 1. The second-order valence-corrected chi connectivity index (χ2v) is 8.65. The number of carbonyl (C=O) groups is 1. The van der Waals surface area contributed by atoms with Gasteiger partial charge in [0.1, 0.15) is 22.7 Å². The first-order valence-corrected chi connectivity index (χ1v) is 10.2. The molecule has 1 heterocycles. The molecule has 3 aromatic rings. The number of ketones is 1. The fraction of sp³-hybridized carbons (Fsp3) is 0.208. The molecule has 2 aromatic carbocycles. The Morgan fingerprint density at radius 2 is 1.72 bits per heavy atom. The van der Waals surface area contributed by atoms with Crippen LogP contribution in [-0.2, 0) is 4.79 Å². The second kappa shape index (κ2) is 8.59. The van der Waals surface area contributed by atoms with Crippen molar-refractivity contribution in [1.29, 1.82) is 5.26 Å². The zero-order valence-corrected chi connectivity index (χ0v) is 17.4. The van der Waals surface area contributed by atoms with Gasteiger partial charge in [-0.05, 0) is 23.8 Å². The summed E-state index contributed by atoms with van der Waals surface area (Å²) < 4.78 is 13.4. The maximum Gasteiger partial charge on any atom is 0.148 e. The molecule has 5 heteroatoms. The monoisotopic (exact) mass is 404 g/mol. The third kappa shape index (κ3) is 4.90. The summed E-state index contributed by atoms with van der Waals surface area (Å²) in [6, 6.07) is 19.8. The van der Waals surface area contributed by atoms with Crippen LogP contribution in [0.4, 0.5) is 4.39 Å². The summed E-state index contributed by atoms with van der Waals surface area (Å²) in [7, 11) is 0. The molecule has 0 N–H and O–H groups in total. The molecule has 1 aromatic heterocycles. The van der Waals surface area contributed by atoms with Gasteiger partial charge in [-0.1, -0.05) is 75.0 Å². The van der Waals surface area contributed by atoms with Gasteiger partial charge in [0.15, 0.2) is 0 Å². The molecule has 0 aliphatic carbocycles. The van der Waals surface area contributed by atoms with Crippen molar-refractivity contribution in [2.45, 2.75) is 25.8 Å². The van der Waals surface area contributed by atoms with Crippen molar-refractivity contribution in [1.82, 2.24) is 4.98 Å². The Morgan fingerprint density at radius 1 is 1.07 bits per heavy atom. The predicted molar refractivity (Wildman–Crippen MR) is 115 cm³/mol. The van der Waals surface area contributed by atoms with Crippen molar-refractivity contribution in [3.8, 4) is 28.5 Å². The van der Waals surface area contributed by atoms with Crippen LogP contribution in [0.15, 0.2) is 65.7 Å². The Hall–Kier alpha value is -2.97. The number of nitriles is 1. The van der Waals surface area contributed by atoms with Crippen LogP contribution in [-0.4, -0.2) is 16.5 Å². The smallest absolute Gasteiger partial charge is 0.148 e. The minimum atomic E-state index is -0.462. The van der Waals surface area contributed by atoms with Gasteiger partial charge in [-0.2, -0.15) is 5.26 Å². The summed E-state index contributed by atoms with van der Waals surface area (Å²) in [6.07, 6.45) is 0. The molecule has 0 saturated heterocycles. The quantitative estimate of drug-likeness (QED) is 0.480. The zero-order chi connectivity index (χ0) is 21.0. The van der Waals surface area contributed by atoms with Crippen LogP contribution in [0.1, 0.15) is 26.3 Å². The summed E-state index contributed by atoms with van der Waals surface area (Å²) in [6.45, 7) is 5.62. The second-order valence-electron chi connectivity index (χ2n) is 7.68. The van der Waals surface area contributed by atoms with Gasteiger partial charge in [-0.15, -0.1) is 0 Å². The summed E-state index contributed by atoms with van der Waals surface area (Å²) in [4.78, 5) is 17.1. The summed E-state index contributed by atoms with van der Waals surface area (Å²) in [5, 5.41) is 10.3. The third-order valence-electron chi connectivity index (χ3n) is 4.50. The molecule has 0 amide bonds. The van der Waals surface area contributed by atoms with Crippen LogP contribution in [0.3, 0.4) is 0 Å². The van der Waals surface area contributed by atoms with E-state index in [0.29, 0.717) is 21.8 Å². The number of aromatic nitrogens is 1. The SMILES string of the molecule is CC(C)(C)C(=O)CSc1nc(-c2ccccc2)cc(-c2ccc(F)cc2)c1C#N. The summed E-state index contributed by atoms with van der Waals surface area (Å²) >= 11 is 1.27. The third-order valence-corrected chi connectivity index (χ3v) is 5.47. The van der Waals surface area contributed by atoms with E-state index in [1.807, 2.05) is 57.2 Å². The number of hydrogen-bond acceptors (Lipinski definition) is 4. The Labute approximate surface area is 174 Å². The van der Waals surface area contributed by atoms with E-state index in [4.69, 9.17) is 0 Å². The van der Waals surface area contributed by atoms with Gasteiger partial charge in [-0.25, -0.2) is 9.37 Å². The number of pyridine rings is 1.